The third-order valence-corrected chi connectivity index (χ3v) is 4.85. The standard InChI is InChI=1S/C25H25NO4/c26-25(29)21-17-20(24(28)23(27)19-12-5-2-6-13-19)14-15-22(21)30-16-8-7-11-18-9-3-1-4-10-18/h1-6,9-10,12-15,17,24,28H,7-8,11,16H2,(H2,26,29). The molecule has 0 aromatic heterocycles. The van der Waals surface area contributed by atoms with Crippen molar-refractivity contribution in [3.8, 4) is 5.75 Å². The zero-order valence-electron chi connectivity index (χ0n) is 16.7. The molecule has 3 aromatic carbocycles. The number of aryl methyl sites for hydroxylation is 1. The Morgan fingerprint density at radius 3 is 2.23 bits per heavy atom. The molecule has 0 heterocycles. The number of carbonyl (C=O) groups excluding carboxylic acids is 2. The molecule has 3 rings (SSSR count). The van der Waals surface area contributed by atoms with Crippen LogP contribution in [0.2, 0.25) is 0 Å². The molecule has 0 aliphatic rings. The molecule has 3 N–H and O–H groups in total. The second-order valence-electron chi connectivity index (χ2n) is 7.04. The number of benzene rings is 3. The number of nitrogens with two attached hydrogens (primary N) is 1. The van der Waals surface area contributed by atoms with Crippen molar-refractivity contribution < 1.29 is 19.4 Å². The molecule has 1 atom stereocenters. The first-order valence-electron chi connectivity index (χ1n) is 9.94. The molecule has 0 aliphatic heterocycles. The minimum absolute atomic E-state index is 0.149. The molecule has 0 radical (unpaired) electrons. The van der Waals surface area contributed by atoms with E-state index in [-0.39, 0.29) is 5.56 Å². The highest BCUT2D eigenvalue weighted by Crippen LogP contribution is 2.26. The van der Waals surface area contributed by atoms with Gasteiger partial charge in [0.1, 0.15) is 11.9 Å². The topological polar surface area (TPSA) is 89.6 Å². The molecule has 1 unspecified atom stereocenters. The maximum absolute atomic E-state index is 12.5. The summed E-state index contributed by atoms with van der Waals surface area (Å²) in [7, 11) is 0. The number of hydrogen-bond donors (Lipinski definition) is 2. The maximum Gasteiger partial charge on any atom is 0.252 e. The molecular formula is C25H25NO4. The molecule has 0 spiro atoms. The Labute approximate surface area is 176 Å². The first-order chi connectivity index (χ1) is 14.6. The van der Waals surface area contributed by atoms with E-state index in [2.05, 4.69) is 12.1 Å². The number of rotatable bonds is 10. The number of aliphatic hydroxyl groups is 1. The van der Waals surface area contributed by atoms with Crippen molar-refractivity contribution >= 4 is 11.7 Å². The van der Waals surface area contributed by atoms with Crippen LogP contribution in [0.4, 0.5) is 0 Å². The van der Waals surface area contributed by atoms with Crippen molar-refractivity contribution in [2.24, 2.45) is 5.73 Å². The lowest BCUT2D eigenvalue weighted by molar-refractivity contribution is 0.0746. The molecule has 0 bridgehead atoms. The Hall–Kier alpha value is -3.44. The number of unbranched alkanes of at least 4 members (excludes halogenated alkanes) is 1. The van der Waals surface area contributed by atoms with Crippen molar-refractivity contribution in [3.63, 3.8) is 0 Å². The van der Waals surface area contributed by atoms with Crippen molar-refractivity contribution in [1.82, 2.24) is 0 Å². The van der Waals surface area contributed by atoms with E-state index in [9.17, 15) is 14.7 Å². The smallest absolute Gasteiger partial charge is 0.252 e. The van der Waals surface area contributed by atoms with E-state index in [1.54, 1.807) is 42.5 Å². The van der Waals surface area contributed by atoms with Gasteiger partial charge in [-0.2, -0.15) is 0 Å². The van der Waals surface area contributed by atoms with E-state index >= 15 is 0 Å². The molecule has 0 fully saturated rings. The summed E-state index contributed by atoms with van der Waals surface area (Å²) < 4.78 is 5.75. The van der Waals surface area contributed by atoms with Gasteiger partial charge >= 0.3 is 0 Å². The molecule has 0 aliphatic carbocycles. The van der Waals surface area contributed by atoms with Gasteiger partial charge in [0.15, 0.2) is 5.78 Å². The second kappa shape index (κ2) is 10.4. The molecule has 3 aromatic rings. The summed E-state index contributed by atoms with van der Waals surface area (Å²) in [4.78, 5) is 24.4. The fraction of sp³-hybridized carbons (Fsp3) is 0.200. The number of amides is 1. The Kier molecular flexibility index (Phi) is 7.35. The number of ether oxygens (including phenoxy) is 1. The summed E-state index contributed by atoms with van der Waals surface area (Å²) in [6, 6.07) is 23.3. The molecule has 30 heavy (non-hydrogen) atoms. The molecule has 5 nitrogen and oxygen atoms in total. The SMILES string of the molecule is NC(=O)c1cc(C(O)C(=O)c2ccccc2)ccc1OCCCCc1ccccc1. The van der Waals surface area contributed by atoms with Gasteiger partial charge < -0.3 is 15.6 Å². The fourth-order valence-corrected chi connectivity index (χ4v) is 3.21. The first kappa shape index (κ1) is 21.3. The normalized spacial score (nSPS) is 11.6. The average molecular weight is 403 g/mol. The largest absolute Gasteiger partial charge is 0.493 e. The molecule has 0 saturated carbocycles. The van der Waals surface area contributed by atoms with E-state index in [4.69, 9.17) is 10.5 Å². The zero-order chi connectivity index (χ0) is 21.3. The summed E-state index contributed by atoms with van der Waals surface area (Å²) in [5.74, 6) is -0.763. The van der Waals surface area contributed by atoms with Gasteiger partial charge in [0.2, 0.25) is 0 Å². The van der Waals surface area contributed by atoms with Crippen LogP contribution in [0.15, 0.2) is 78.9 Å². The van der Waals surface area contributed by atoms with Crippen LogP contribution in [-0.2, 0) is 6.42 Å². The van der Waals surface area contributed by atoms with Gasteiger partial charge in [-0.25, -0.2) is 0 Å². The predicted octanol–water partition coefficient (Wildman–Crippen LogP) is 4.10. The van der Waals surface area contributed by atoms with Gasteiger partial charge in [-0.3, -0.25) is 9.59 Å². The summed E-state index contributed by atoms with van der Waals surface area (Å²) in [5.41, 5.74) is 7.61. The number of hydrogen-bond acceptors (Lipinski definition) is 4. The minimum atomic E-state index is -1.38. The predicted molar refractivity (Wildman–Crippen MR) is 116 cm³/mol. The van der Waals surface area contributed by atoms with Gasteiger partial charge in [0, 0.05) is 5.56 Å². The van der Waals surface area contributed by atoms with Crippen molar-refractivity contribution in [2.45, 2.75) is 25.4 Å². The Balaban J connectivity index is 1.62. The first-order valence-corrected chi connectivity index (χ1v) is 9.94. The Bertz CT molecular complexity index is 987. The van der Waals surface area contributed by atoms with E-state index in [1.807, 2.05) is 18.2 Å². The second-order valence-corrected chi connectivity index (χ2v) is 7.04. The average Bonchev–Trinajstić information content (AvgIpc) is 2.79. The van der Waals surface area contributed by atoms with Gasteiger partial charge in [-0.1, -0.05) is 66.7 Å². The van der Waals surface area contributed by atoms with Crippen LogP contribution < -0.4 is 10.5 Å². The van der Waals surface area contributed by atoms with Gasteiger partial charge in [-0.15, -0.1) is 0 Å². The van der Waals surface area contributed by atoms with Crippen LogP contribution in [0.5, 0.6) is 5.75 Å². The van der Waals surface area contributed by atoms with Crippen LogP contribution in [0.25, 0.3) is 0 Å². The minimum Gasteiger partial charge on any atom is -0.493 e. The van der Waals surface area contributed by atoms with Crippen LogP contribution in [0.3, 0.4) is 0 Å². The summed E-state index contributed by atoms with van der Waals surface area (Å²) in [6.45, 7) is 0.442. The van der Waals surface area contributed by atoms with Crippen LogP contribution >= 0.6 is 0 Å². The highest BCUT2D eigenvalue weighted by atomic mass is 16.5. The highest BCUT2D eigenvalue weighted by Gasteiger charge is 2.21. The summed E-state index contributed by atoms with van der Waals surface area (Å²) in [5, 5.41) is 10.5. The number of Topliss-reactive ketones (excluding diaryl/α,β-unsaturated/α-hetero) is 1. The van der Waals surface area contributed by atoms with Crippen LogP contribution in [0, 0.1) is 0 Å². The lowest BCUT2D eigenvalue weighted by atomic mass is 9.98. The van der Waals surface area contributed by atoms with Crippen molar-refractivity contribution in [1.29, 1.82) is 0 Å². The van der Waals surface area contributed by atoms with Gasteiger partial charge in [0.25, 0.3) is 5.91 Å². The molecular weight excluding hydrogens is 378 g/mol. The lowest BCUT2D eigenvalue weighted by Gasteiger charge is -2.14. The molecule has 5 heteroatoms. The Morgan fingerprint density at radius 1 is 0.900 bits per heavy atom. The quantitative estimate of drug-likeness (QED) is 0.394. The summed E-state index contributed by atoms with van der Waals surface area (Å²) in [6.07, 6.45) is 1.35. The third kappa shape index (κ3) is 5.55. The maximum atomic E-state index is 12.5. The summed E-state index contributed by atoms with van der Waals surface area (Å²) >= 11 is 0. The number of aliphatic hydroxyl groups excluding tert-OH is 1. The lowest BCUT2D eigenvalue weighted by Crippen LogP contribution is -2.17. The van der Waals surface area contributed by atoms with Crippen molar-refractivity contribution in [3.05, 3.63) is 101 Å². The highest BCUT2D eigenvalue weighted by molar-refractivity contribution is 6.01. The van der Waals surface area contributed by atoms with E-state index < -0.39 is 17.8 Å². The zero-order valence-corrected chi connectivity index (χ0v) is 16.7. The number of ketones is 1. The van der Waals surface area contributed by atoms with Gasteiger partial charge in [0.05, 0.1) is 12.2 Å². The molecule has 154 valence electrons. The Morgan fingerprint density at radius 2 is 1.57 bits per heavy atom. The van der Waals surface area contributed by atoms with Crippen LogP contribution in [-0.4, -0.2) is 23.4 Å². The molecule has 1 amide bonds. The van der Waals surface area contributed by atoms with Gasteiger partial charge in [-0.05, 0) is 42.5 Å². The third-order valence-electron chi connectivity index (χ3n) is 4.85. The number of carbonyl (C=O) groups is 2. The van der Waals surface area contributed by atoms with Crippen molar-refractivity contribution in [2.75, 3.05) is 6.61 Å². The van der Waals surface area contributed by atoms with E-state index in [0.717, 1.165) is 19.3 Å². The number of primary amides is 1. The van der Waals surface area contributed by atoms with Crippen LogP contribution in [0.1, 0.15) is 50.8 Å². The monoisotopic (exact) mass is 403 g/mol. The van der Waals surface area contributed by atoms with E-state index in [1.165, 1.54) is 11.6 Å². The molecule has 0 saturated heterocycles. The fourth-order valence-electron chi connectivity index (χ4n) is 3.21. The van der Waals surface area contributed by atoms with E-state index in [0.29, 0.717) is 23.5 Å².